The zero-order valence-electron chi connectivity index (χ0n) is 33.1. The quantitative estimate of drug-likeness (QED) is 0.0790. The summed E-state index contributed by atoms with van der Waals surface area (Å²) in [6, 6.07) is 0. The van der Waals surface area contributed by atoms with Crippen LogP contribution in [0.15, 0.2) is 12.7 Å². The molecule has 0 aromatic carbocycles. The lowest BCUT2D eigenvalue weighted by Crippen LogP contribution is -2.62. The molecule has 1 saturated heterocycles. The molecule has 11 nitrogen and oxygen atoms in total. The van der Waals surface area contributed by atoms with Crippen LogP contribution in [0.25, 0.3) is 11.2 Å². The van der Waals surface area contributed by atoms with Crippen LogP contribution in [0.2, 0.25) is 44.3 Å². The topological polar surface area (TPSA) is 137 Å². The Morgan fingerprint density at radius 1 is 0.796 bits per heavy atom. The van der Waals surface area contributed by atoms with E-state index < -0.39 is 56.8 Å². The highest BCUT2D eigenvalue weighted by atomic mass is 29.2. The zero-order chi connectivity index (χ0) is 37.2. The van der Waals surface area contributed by atoms with Crippen molar-refractivity contribution in [1.82, 2.24) is 19.5 Å². The van der Waals surface area contributed by atoms with Crippen LogP contribution in [0.1, 0.15) is 117 Å². The summed E-state index contributed by atoms with van der Waals surface area (Å²) in [6.07, 6.45) is -0.705. The molecule has 49 heavy (non-hydrogen) atoms. The molecule has 280 valence electrons. The van der Waals surface area contributed by atoms with Crippen molar-refractivity contribution in [2.75, 3.05) is 6.61 Å². The van der Waals surface area contributed by atoms with Crippen molar-refractivity contribution in [3.63, 3.8) is 0 Å². The number of aromatic amines is 1. The Morgan fingerprint density at radius 3 is 1.71 bits per heavy atom. The highest BCUT2D eigenvalue weighted by Gasteiger charge is 2.57. The molecule has 0 spiro atoms. The molecule has 0 saturated carbocycles. The van der Waals surface area contributed by atoms with E-state index in [-0.39, 0.29) is 12.1 Å². The van der Waals surface area contributed by atoms with Crippen molar-refractivity contribution < 1.29 is 28.8 Å². The van der Waals surface area contributed by atoms with Crippen LogP contribution in [-0.2, 0) is 23.7 Å². The molecule has 15 heteroatoms. The molecule has 2 aromatic heterocycles. The molecule has 0 amide bonds. The summed E-state index contributed by atoms with van der Waals surface area (Å²) in [7, 11) is -6.86. The minimum Gasteiger partial charge on any atom is -0.385 e. The van der Waals surface area contributed by atoms with Crippen LogP contribution >= 0.6 is 0 Å². The molecule has 1 unspecified atom stereocenters. The van der Waals surface area contributed by atoms with Gasteiger partial charge in [0.25, 0.3) is 0 Å². The van der Waals surface area contributed by atoms with Gasteiger partial charge in [-0.05, 0) is 22.2 Å². The zero-order valence-corrected chi connectivity index (χ0v) is 37.1. The molecular weight excluding hydrogens is 687 g/mol. The molecule has 2 radical (unpaired) electrons. The Kier molecular flexibility index (Phi) is 14.9. The Morgan fingerprint density at radius 2 is 1.27 bits per heavy atom. The first kappa shape index (κ1) is 42.4. The van der Waals surface area contributed by atoms with Crippen LogP contribution < -0.4 is 5.49 Å². The Bertz CT molecular complexity index is 1350. The van der Waals surface area contributed by atoms with Gasteiger partial charge >= 0.3 is 0 Å². The van der Waals surface area contributed by atoms with Crippen molar-refractivity contribution in [2.24, 2.45) is 0 Å². The molecule has 3 heterocycles. The van der Waals surface area contributed by atoms with Gasteiger partial charge in [0.2, 0.25) is 15.7 Å². The second-order valence-electron chi connectivity index (χ2n) is 16.4. The summed E-state index contributed by atoms with van der Waals surface area (Å²) in [4.78, 5) is 24.5. The number of H-pyrrole nitrogens is 1. The third kappa shape index (κ3) is 8.30. The predicted molar refractivity (Wildman–Crippen MR) is 204 cm³/mol. The molecule has 2 aromatic rings. The Hall–Kier alpha value is -1.02. The fourth-order valence-electron chi connectivity index (χ4n) is 8.88. The number of rotatable bonds is 18. The van der Waals surface area contributed by atoms with E-state index in [2.05, 4.69) is 126 Å². The van der Waals surface area contributed by atoms with Gasteiger partial charge in [-0.1, -0.05) is 133 Å². The lowest BCUT2D eigenvalue weighted by atomic mass is 10.1. The number of nitrogens with zero attached hydrogens (tertiary/aromatic N) is 3. The summed E-state index contributed by atoms with van der Waals surface area (Å²) in [6.45, 7) is 36.8. The summed E-state index contributed by atoms with van der Waals surface area (Å²) in [5, 5.41) is 20.9. The maximum Gasteiger partial charge on any atom is 0.229 e. The summed E-state index contributed by atoms with van der Waals surface area (Å²) in [5.74, 6) is 0. The van der Waals surface area contributed by atoms with Crippen LogP contribution in [0.3, 0.4) is 0 Å². The number of ether oxygens (including phenoxy) is 1. The predicted octanol–water partition coefficient (Wildman–Crippen LogP) is 8.08. The summed E-state index contributed by atoms with van der Waals surface area (Å²) < 4.78 is 21.8. The van der Waals surface area contributed by atoms with E-state index in [1.165, 1.54) is 17.2 Å². The van der Waals surface area contributed by atoms with Gasteiger partial charge in [-0.15, -0.1) is 0 Å². The van der Waals surface area contributed by atoms with Gasteiger partial charge in [0.05, 0.1) is 23.0 Å². The second kappa shape index (κ2) is 17.2. The van der Waals surface area contributed by atoms with Crippen molar-refractivity contribution in [3.8, 4) is 0 Å². The van der Waals surface area contributed by atoms with E-state index in [1.54, 1.807) is 0 Å². The van der Waals surface area contributed by atoms with Crippen molar-refractivity contribution >= 4 is 43.5 Å². The number of hydrogen-bond acceptors (Lipinski definition) is 9. The van der Waals surface area contributed by atoms with Crippen LogP contribution in [0, 0.1) is 5.41 Å². The van der Waals surface area contributed by atoms with Crippen molar-refractivity contribution in [2.45, 2.75) is 180 Å². The molecule has 0 aliphatic carbocycles. The Balaban J connectivity index is 2.04. The number of aliphatic hydroxyl groups excluding tert-OH is 1. The van der Waals surface area contributed by atoms with E-state index in [9.17, 15) is 5.11 Å². The second-order valence-corrected chi connectivity index (χ2v) is 39.1. The number of aliphatic hydroxyl groups is 1. The van der Waals surface area contributed by atoms with E-state index in [1.807, 2.05) is 0 Å². The maximum atomic E-state index is 12.0. The fraction of sp³-hybridized carbons (Fsp3) is 0.853. The van der Waals surface area contributed by atoms with E-state index in [0.29, 0.717) is 55.5 Å². The standard InChI is InChI=1S/C34H67N5O6Si4/c1-20(2)46(21(3)4)48(24(9)10,25(11)12)44-41-17-28-31(43-45-49(26(13)14,27(15)16)47(22(5)6)23(7)8)30(40)34(42-28)39-19-38-33-29(32(39)35)36-18-37-33/h18-28,30-31,34-35,40H,17H2,1-16H3,(H,36,37)/t28-,30+,31-,34?/m1/s1. The smallest absolute Gasteiger partial charge is 0.229 e. The minimum absolute atomic E-state index is 0.0544. The summed E-state index contributed by atoms with van der Waals surface area (Å²) >= 11 is 0. The van der Waals surface area contributed by atoms with Gasteiger partial charge in [-0.2, -0.15) is 0 Å². The van der Waals surface area contributed by atoms with Crippen molar-refractivity contribution in [1.29, 1.82) is 5.41 Å². The average molecular weight is 754 g/mol. The number of fused-ring (bicyclic) bond motifs is 1. The van der Waals surface area contributed by atoms with Gasteiger partial charge in [-0.25, -0.2) is 19.7 Å². The fourth-order valence-corrected chi connectivity index (χ4v) is 41.7. The van der Waals surface area contributed by atoms with Gasteiger partial charge in [0, 0.05) is 0 Å². The maximum absolute atomic E-state index is 12.0. The summed E-state index contributed by atoms with van der Waals surface area (Å²) in [5.41, 5.74) is 4.36. The minimum atomic E-state index is -2.52. The van der Waals surface area contributed by atoms with Gasteiger partial charge in [0.1, 0.15) is 30.7 Å². The third-order valence-corrected chi connectivity index (χ3v) is 44.7. The normalized spacial score (nSPS) is 21.4. The monoisotopic (exact) mass is 753 g/mol. The van der Waals surface area contributed by atoms with Crippen LogP contribution in [0.5, 0.6) is 0 Å². The van der Waals surface area contributed by atoms with E-state index in [4.69, 9.17) is 29.1 Å². The van der Waals surface area contributed by atoms with E-state index >= 15 is 0 Å². The number of nitrogens with one attached hydrogen (secondary N) is 2. The molecule has 1 fully saturated rings. The molecule has 4 atom stereocenters. The number of hydrogen-bond donors (Lipinski definition) is 3. The first-order valence-corrected chi connectivity index (χ1v) is 27.9. The SMILES string of the molecule is CC(C)[Si](C(C)C)[Si](OOC[C@H]1OC(n2cnc3nc[nH]c3c2=N)[C@@H](O)[C@@H]1OO[Si](C(C)C)(C(C)C)[Si](C(C)C)C(C)C)(C(C)C)C(C)C. The van der Waals surface area contributed by atoms with Crippen LogP contribution in [-0.4, -0.2) is 81.8 Å². The largest absolute Gasteiger partial charge is 0.385 e. The molecule has 3 rings (SSSR count). The van der Waals surface area contributed by atoms with Crippen LogP contribution in [0.4, 0.5) is 0 Å². The highest BCUT2D eigenvalue weighted by Crippen LogP contribution is 2.46. The molecule has 1 aliphatic rings. The van der Waals surface area contributed by atoms with Gasteiger partial charge < -0.3 is 14.8 Å². The lowest BCUT2D eigenvalue weighted by molar-refractivity contribution is -0.296. The van der Waals surface area contributed by atoms with Gasteiger partial charge in [0.15, 0.2) is 23.5 Å². The lowest BCUT2D eigenvalue weighted by Gasteiger charge is -2.46. The molecule has 1 aliphatic heterocycles. The molecular formula is C34H67N5O6Si4. The molecule has 0 bridgehead atoms. The first-order valence-electron chi connectivity index (χ1n) is 18.4. The molecule has 3 N–H and O–H groups in total. The van der Waals surface area contributed by atoms with Gasteiger partial charge in [-0.3, -0.25) is 19.1 Å². The average Bonchev–Trinajstić information content (AvgIpc) is 3.58. The number of aromatic nitrogens is 4. The third-order valence-electron chi connectivity index (χ3n) is 10.5. The van der Waals surface area contributed by atoms with E-state index in [0.717, 1.165) is 0 Å². The first-order chi connectivity index (χ1) is 22.8. The highest BCUT2D eigenvalue weighted by molar-refractivity contribution is 7.32. The van der Waals surface area contributed by atoms with Crippen molar-refractivity contribution in [3.05, 3.63) is 18.1 Å². The number of imidazole rings is 1. The Labute approximate surface area is 300 Å².